The van der Waals surface area contributed by atoms with Crippen LogP contribution in [0, 0.1) is 17.1 Å². The molecule has 18 heavy (non-hydrogen) atoms. The monoisotopic (exact) mass is 263 g/mol. The predicted octanol–water partition coefficient (Wildman–Crippen LogP) is 3.85. The van der Waals surface area contributed by atoms with Crippen LogP contribution in [0.1, 0.15) is 5.56 Å². The molecule has 0 aliphatic heterocycles. The van der Waals surface area contributed by atoms with Crippen molar-refractivity contribution in [1.29, 1.82) is 5.26 Å². The number of benzene rings is 2. The Morgan fingerprint density at radius 1 is 1.22 bits per heavy atom. The van der Waals surface area contributed by atoms with E-state index in [9.17, 15) is 9.50 Å². The number of rotatable bonds is 2. The van der Waals surface area contributed by atoms with E-state index in [1.165, 1.54) is 24.3 Å². The molecule has 3 nitrogen and oxygen atoms in total. The van der Waals surface area contributed by atoms with Crippen LogP contribution in [0.5, 0.6) is 17.2 Å². The summed E-state index contributed by atoms with van der Waals surface area (Å²) in [6.45, 7) is 0. The van der Waals surface area contributed by atoms with Gasteiger partial charge in [0.2, 0.25) is 0 Å². The van der Waals surface area contributed by atoms with E-state index in [0.717, 1.165) is 12.1 Å². The van der Waals surface area contributed by atoms with Gasteiger partial charge in [0.05, 0.1) is 11.6 Å². The molecule has 0 aromatic heterocycles. The van der Waals surface area contributed by atoms with Gasteiger partial charge in [-0.25, -0.2) is 4.39 Å². The van der Waals surface area contributed by atoms with E-state index in [-0.39, 0.29) is 17.2 Å². The molecule has 2 rings (SSSR count). The quantitative estimate of drug-likeness (QED) is 0.895. The van der Waals surface area contributed by atoms with Crippen molar-refractivity contribution in [3.63, 3.8) is 0 Å². The van der Waals surface area contributed by atoms with Gasteiger partial charge in [0, 0.05) is 11.1 Å². The maximum absolute atomic E-state index is 13.0. The molecule has 0 atom stereocenters. The Balaban J connectivity index is 2.37. The summed E-state index contributed by atoms with van der Waals surface area (Å²) in [5, 5.41) is 18.6. The number of phenols is 1. The Labute approximate surface area is 108 Å². The molecule has 0 fully saturated rings. The van der Waals surface area contributed by atoms with Gasteiger partial charge in [-0.1, -0.05) is 11.6 Å². The average Bonchev–Trinajstić information content (AvgIpc) is 2.33. The molecule has 5 heteroatoms. The van der Waals surface area contributed by atoms with Crippen molar-refractivity contribution < 1.29 is 14.2 Å². The van der Waals surface area contributed by atoms with Crippen LogP contribution in [0.3, 0.4) is 0 Å². The highest BCUT2D eigenvalue weighted by Gasteiger charge is 2.07. The summed E-state index contributed by atoms with van der Waals surface area (Å²) in [5.74, 6) is -0.527. The van der Waals surface area contributed by atoms with Gasteiger partial charge < -0.3 is 9.84 Å². The summed E-state index contributed by atoms with van der Waals surface area (Å²) in [4.78, 5) is 0. The van der Waals surface area contributed by atoms with Crippen molar-refractivity contribution in [3.8, 4) is 23.3 Å². The van der Waals surface area contributed by atoms with Crippen molar-refractivity contribution in [1.82, 2.24) is 0 Å². The largest absolute Gasteiger partial charge is 0.504 e. The van der Waals surface area contributed by atoms with Crippen LogP contribution in [0.25, 0.3) is 0 Å². The second-order valence-electron chi connectivity index (χ2n) is 3.50. The van der Waals surface area contributed by atoms with Gasteiger partial charge in [0.1, 0.15) is 11.6 Å². The third-order valence-corrected chi connectivity index (χ3v) is 2.37. The fourth-order valence-corrected chi connectivity index (χ4v) is 1.61. The number of hydrogen-bond donors (Lipinski definition) is 1. The number of phenolic OH excluding ortho intramolecular Hbond substituents is 1. The molecule has 0 bridgehead atoms. The van der Waals surface area contributed by atoms with Crippen LogP contribution >= 0.6 is 11.6 Å². The first-order valence-corrected chi connectivity index (χ1v) is 5.33. The summed E-state index contributed by atoms with van der Waals surface area (Å²) in [7, 11) is 0. The van der Waals surface area contributed by atoms with Gasteiger partial charge >= 0.3 is 0 Å². The molecule has 0 amide bonds. The van der Waals surface area contributed by atoms with E-state index in [1.807, 2.05) is 6.07 Å². The molecule has 0 spiro atoms. The van der Waals surface area contributed by atoms with E-state index in [0.29, 0.717) is 10.6 Å². The fourth-order valence-electron chi connectivity index (χ4n) is 1.38. The van der Waals surface area contributed by atoms with E-state index in [2.05, 4.69) is 0 Å². The lowest BCUT2D eigenvalue weighted by Crippen LogP contribution is -1.87. The molecule has 0 heterocycles. The molecule has 0 unspecified atom stereocenters. The Bertz CT molecular complexity index is 637. The molecule has 0 aliphatic carbocycles. The van der Waals surface area contributed by atoms with Gasteiger partial charge in [0.25, 0.3) is 0 Å². The number of ether oxygens (including phenoxy) is 1. The second-order valence-corrected chi connectivity index (χ2v) is 3.94. The number of halogens is 2. The number of nitriles is 1. The highest BCUT2D eigenvalue weighted by Crippen LogP contribution is 2.32. The van der Waals surface area contributed by atoms with E-state index in [1.54, 1.807) is 0 Å². The molecule has 0 radical (unpaired) electrons. The maximum Gasteiger partial charge on any atom is 0.171 e. The fraction of sp³-hybridized carbons (Fsp3) is 0. The van der Waals surface area contributed by atoms with Gasteiger partial charge in [-0.05, 0) is 30.3 Å². The zero-order valence-electron chi connectivity index (χ0n) is 9.02. The molecule has 90 valence electrons. The topological polar surface area (TPSA) is 53.2 Å². The Morgan fingerprint density at radius 2 is 2.00 bits per heavy atom. The number of nitrogens with zero attached hydrogens (tertiary/aromatic N) is 1. The molecule has 1 N–H and O–H groups in total. The minimum absolute atomic E-state index is 0.0406. The minimum atomic E-state index is -0.537. The smallest absolute Gasteiger partial charge is 0.171 e. The van der Waals surface area contributed by atoms with Crippen molar-refractivity contribution in [2.45, 2.75) is 0 Å². The maximum atomic E-state index is 13.0. The van der Waals surface area contributed by atoms with Crippen LogP contribution in [0.15, 0.2) is 36.4 Å². The molecule has 0 saturated heterocycles. The highest BCUT2D eigenvalue weighted by molar-refractivity contribution is 6.30. The SMILES string of the molecule is N#Cc1cc(Cl)cc(Oc2cc(F)ccc2O)c1. The Hall–Kier alpha value is -2.25. The Morgan fingerprint density at radius 3 is 2.72 bits per heavy atom. The molecular formula is C13H7ClFNO2. The first kappa shape index (κ1) is 12.2. The van der Waals surface area contributed by atoms with Crippen LogP contribution in [0.2, 0.25) is 5.02 Å². The zero-order valence-corrected chi connectivity index (χ0v) is 9.78. The summed E-state index contributed by atoms with van der Waals surface area (Å²) in [6.07, 6.45) is 0. The summed E-state index contributed by atoms with van der Waals surface area (Å²) < 4.78 is 18.3. The van der Waals surface area contributed by atoms with Gasteiger partial charge in [-0.2, -0.15) is 5.26 Å². The third-order valence-electron chi connectivity index (χ3n) is 2.15. The predicted molar refractivity (Wildman–Crippen MR) is 64.3 cm³/mol. The van der Waals surface area contributed by atoms with E-state index >= 15 is 0 Å². The van der Waals surface area contributed by atoms with Gasteiger partial charge in [-0.3, -0.25) is 0 Å². The zero-order chi connectivity index (χ0) is 13.1. The summed E-state index contributed by atoms with van der Waals surface area (Å²) in [5.41, 5.74) is 0.313. The van der Waals surface area contributed by atoms with Crippen LogP contribution in [-0.2, 0) is 0 Å². The first-order chi connectivity index (χ1) is 8.58. The third kappa shape index (κ3) is 2.70. The normalized spacial score (nSPS) is 9.83. The van der Waals surface area contributed by atoms with Gasteiger partial charge in [-0.15, -0.1) is 0 Å². The molecule has 0 saturated carbocycles. The van der Waals surface area contributed by atoms with Crippen LogP contribution in [-0.4, -0.2) is 5.11 Å². The Kier molecular flexibility index (Phi) is 3.35. The highest BCUT2D eigenvalue weighted by atomic mass is 35.5. The lowest BCUT2D eigenvalue weighted by molar-refractivity contribution is 0.407. The van der Waals surface area contributed by atoms with Crippen molar-refractivity contribution in [2.75, 3.05) is 0 Å². The molecule has 0 aliphatic rings. The van der Waals surface area contributed by atoms with E-state index < -0.39 is 5.82 Å². The van der Waals surface area contributed by atoms with Crippen molar-refractivity contribution >= 4 is 11.6 Å². The first-order valence-electron chi connectivity index (χ1n) is 4.95. The van der Waals surface area contributed by atoms with Gasteiger partial charge in [0.15, 0.2) is 11.5 Å². The lowest BCUT2D eigenvalue weighted by atomic mass is 10.2. The minimum Gasteiger partial charge on any atom is -0.504 e. The summed E-state index contributed by atoms with van der Waals surface area (Å²) >= 11 is 5.80. The molecular weight excluding hydrogens is 257 g/mol. The van der Waals surface area contributed by atoms with Crippen LogP contribution in [0.4, 0.5) is 4.39 Å². The summed E-state index contributed by atoms with van der Waals surface area (Å²) in [6, 6.07) is 9.63. The van der Waals surface area contributed by atoms with Crippen molar-refractivity contribution in [3.05, 3.63) is 52.8 Å². The van der Waals surface area contributed by atoms with Crippen molar-refractivity contribution in [2.24, 2.45) is 0 Å². The standard InChI is InChI=1S/C13H7ClFNO2/c14-9-3-8(7-16)4-11(5-9)18-13-6-10(15)1-2-12(13)17/h1-6,17H. The average molecular weight is 264 g/mol. The van der Waals surface area contributed by atoms with Crippen LogP contribution < -0.4 is 4.74 Å². The molecule has 2 aromatic carbocycles. The van der Waals surface area contributed by atoms with E-state index in [4.69, 9.17) is 21.6 Å². The number of aromatic hydroxyl groups is 1. The second kappa shape index (κ2) is 4.94. The lowest BCUT2D eigenvalue weighted by Gasteiger charge is -2.08. The number of hydrogen-bond acceptors (Lipinski definition) is 3. The molecule has 2 aromatic rings.